The van der Waals surface area contributed by atoms with Gasteiger partial charge in [0, 0.05) is 0 Å². The highest BCUT2D eigenvalue weighted by molar-refractivity contribution is 6.33. The molecule has 0 aliphatic heterocycles. The Morgan fingerprint density at radius 3 is 2.78 bits per heavy atom. The SMILES string of the molecule is Cc1cc2nc(-c3cc[c]cc3Cl)oc2cc1C. The van der Waals surface area contributed by atoms with E-state index in [4.69, 9.17) is 16.0 Å². The first-order valence-electron chi connectivity index (χ1n) is 5.69. The fourth-order valence-corrected chi connectivity index (χ4v) is 2.09. The minimum atomic E-state index is 0.550. The van der Waals surface area contributed by atoms with Crippen molar-refractivity contribution in [3.8, 4) is 11.5 Å². The van der Waals surface area contributed by atoms with E-state index in [0.29, 0.717) is 10.9 Å². The van der Waals surface area contributed by atoms with E-state index in [1.165, 1.54) is 11.1 Å². The molecule has 0 bridgehead atoms. The summed E-state index contributed by atoms with van der Waals surface area (Å²) in [5.41, 5.74) is 4.84. The first-order chi connectivity index (χ1) is 8.65. The van der Waals surface area contributed by atoms with Gasteiger partial charge in [-0.15, -0.1) is 0 Å². The molecule has 2 nitrogen and oxygen atoms in total. The Balaban J connectivity index is 2.23. The van der Waals surface area contributed by atoms with Gasteiger partial charge in [-0.1, -0.05) is 17.7 Å². The summed E-state index contributed by atoms with van der Waals surface area (Å²) in [5.74, 6) is 0.550. The zero-order chi connectivity index (χ0) is 12.7. The number of hydrogen-bond donors (Lipinski definition) is 0. The predicted molar refractivity (Wildman–Crippen MR) is 72.8 cm³/mol. The summed E-state index contributed by atoms with van der Waals surface area (Å²) in [7, 11) is 0. The molecule has 1 aromatic heterocycles. The van der Waals surface area contributed by atoms with Crippen LogP contribution in [0.15, 0.2) is 34.7 Å². The Hall–Kier alpha value is -1.80. The minimum absolute atomic E-state index is 0.550. The van der Waals surface area contributed by atoms with Crippen LogP contribution in [0.1, 0.15) is 11.1 Å². The average molecular weight is 257 g/mol. The van der Waals surface area contributed by atoms with Gasteiger partial charge in [0.2, 0.25) is 5.89 Å². The monoisotopic (exact) mass is 256 g/mol. The van der Waals surface area contributed by atoms with Gasteiger partial charge >= 0.3 is 0 Å². The van der Waals surface area contributed by atoms with E-state index < -0.39 is 0 Å². The molecule has 1 radical (unpaired) electrons. The highest BCUT2D eigenvalue weighted by atomic mass is 35.5. The second kappa shape index (κ2) is 4.14. The van der Waals surface area contributed by atoms with Crippen LogP contribution in [0.5, 0.6) is 0 Å². The van der Waals surface area contributed by atoms with Crippen LogP contribution in [0, 0.1) is 19.9 Å². The Kier molecular flexibility index (Phi) is 2.60. The molecule has 0 spiro atoms. The molecule has 3 heteroatoms. The van der Waals surface area contributed by atoms with Gasteiger partial charge in [0.05, 0.1) is 10.6 Å². The molecule has 0 N–H and O–H groups in total. The lowest BCUT2D eigenvalue weighted by atomic mass is 10.1. The third-order valence-electron chi connectivity index (χ3n) is 3.05. The minimum Gasteiger partial charge on any atom is -0.436 e. The van der Waals surface area contributed by atoms with Crippen LogP contribution in [0.4, 0.5) is 0 Å². The van der Waals surface area contributed by atoms with Crippen LogP contribution in [-0.4, -0.2) is 4.98 Å². The van der Waals surface area contributed by atoms with Crippen LogP contribution >= 0.6 is 11.6 Å². The number of benzene rings is 2. The zero-order valence-electron chi connectivity index (χ0n) is 10.1. The number of hydrogen-bond acceptors (Lipinski definition) is 2. The van der Waals surface area contributed by atoms with Crippen molar-refractivity contribution >= 4 is 22.7 Å². The first-order valence-corrected chi connectivity index (χ1v) is 6.07. The molecule has 0 fully saturated rings. The van der Waals surface area contributed by atoms with Crippen molar-refractivity contribution in [3.05, 3.63) is 52.5 Å². The molecule has 2 aromatic carbocycles. The molecule has 0 aliphatic carbocycles. The molecule has 3 rings (SSSR count). The normalized spacial score (nSPS) is 11.1. The van der Waals surface area contributed by atoms with Gasteiger partial charge in [0.25, 0.3) is 0 Å². The second-order valence-corrected chi connectivity index (χ2v) is 4.74. The molecule has 0 aliphatic rings. The molecule has 1 heterocycles. The van der Waals surface area contributed by atoms with E-state index in [1.807, 2.05) is 18.2 Å². The number of nitrogens with zero attached hydrogens (tertiary/aromatic N) is 1. The second-order valence-electron chi connectivity index (χ2n) is 4.33. The van der Waals surface area contributed by atoms with E-state index in [1.54, 1.807) is 12.1 Å². The molecule has 0 atom stereocenters. The molecule has 0 unspecified atom stereocenters. The van der Waals surface area contributed by atoms with Gasteiger partial charge in [-0.2, -0.15) is 0 Å². The van der Waals surface area contributed by atoms with Gasteiger partial charge in [0.15, 0.2) is 5.58 Å². The van der Waals surface area contributed by atoms with Crippen molar-refractivity contribution in [2.24, 2.45) is 0 Å². The lowest BCUT2D eigenvalue weighted by Crippen LogP contribution is -1.80. The topological polar surface area (TPSA) is 26.0 Å². The number of halogens is 1. The van der Waals surface area contributed by atoms with Gasteiger partial charge in [-0.25, -0.2) is 4.98 Å². The number of fused-ring (bicyclic) bond motifs is 1. The summed E-state index contributed by atoms with van der Waals surface area (Å²) in [6, 6.07) is 12.3. The Bertz CT molecular complexity index is 691. The third-order valence-corrected chi connectivity index (χ3v) is 3.36. The van der Waals surface area contributed by atoms with Crippen LogP contribution in [-0.2, 0) is 0 Å². The number of oxazole rings is 1. The van der Waals surface area contributed by atoms with Gasteiger partial charge < -0.3 is 4.42 Å². The molecule has 89 valence electrons. The fourth-order valence-electron chi connectivity index (χ4n) is 1.88. The summed E-state index contributed by atoms with van der Waals surface area (Å²) in [4.78, 5) is 4.48. The standard InChI is InChI=1S/C15H11ClNO/c1-9-7-13-14(8-10(9)2)18-15(17-13)11-5-3-4-6-12(11)16/h3,5-8H,1-2H3. The quantitative estimate of drug-likeness (QED) is 0.638. The molecular weight excluding hydrogens is 246 g/mol. The highest BCUT2D eigenvalue weighted by Crippen LogP contribution is 2.30. The van der Waals surface area contributed by atoms with E-state index in [-0.39, 0.29) is 0 Å². The maximum Gasteiger partial charge on any atom is 0.228 e. The van der Waals surface area contributed by atoms with E-state index in [2.05, 4.69) is 24.9 Å². The van der Waals surface area contributed by atoms with Crippen molar-refractivity contribution in [1.29, 1.82) is 0 Å². The fraction of sp³-hybridized carbons (Fsp3) is 0.133. The molecule has 0 saturated heterocycles. The molecule has 3 aromatic rings. The van der Waals surface area contributed by atoms with Crippen molar-refractivity contribution in [1.82, 2.24) is 4.98 Å². The van der Waals surface area contributed by atoms with Crippen LogP contribution in [0.3, 0.4) is 0 Å². The Morgan fingerprint density at radius 1 is 1.22 bits per heavy atom. The highest BCUT2D eigenvalue weighted by Gasteiger charge is 2.11. The van der Waals surface area contributed by atoms with Gasteiger partial charge in [0.1, 0.15) is 5.52 Å². The Labute approximate surface area is 110 Å². The number of rotatable bonds is 1. The number of aromatic nitrogens is 1. The zero-order valence-corrected chi connectivity index (χ0v) is 10.9. The molecule has 18 heavy (non-hydrogen) atoms. The summed E-state index contributed by atoms with van der Waals surface area (Å²) in [6.07, 6.45) is 0. The van der Waals surface area contributed by atoms with E-state index in [0.717, 1.165) is 16.7 Å². The number of aryl methyl sites for hydroxylation is 2. The van der Waals surface area contributed by atoms with Crippen molar-refractivity contribution in [2.75, 3.05) is 0 Å². The maximum absolute atomic E-state index is 6.12. The lowest BCUT2D eigenvalue weighted by Gasteiger charge is -1.96. The van der Waals surface area contributed by atoms with E-state index in [9.17, 15) is 0 Å². The van der Waals surface area contributed by atoms with E-state index >= 15 is 0 Å². The third kappa shape index (κ3) is 1.79. The van der Waals surface area contributed by atoms with Gasteiger partial charge in [-0.3, -0.25) is 0 Å². The Morgan fingerprint density at radius 2 is 2.00 bits per heavy atom. The lowest BCUT2D eigenvalue weighted by molar-refractivity contribution is 0.619. The average Bonchev–Trinajstić information content (AvgIpc) is 2.73. The summed E-state index contributed by atoms with van der Waals surface area (Å²) in [6.45, 7) is 4.12. The smallest absolute Gasteiger partial charge is 0.228 e. The van der Waals surface area contributed by atoms with Crippen molar-refractivity contribution in [3.63, 3.8) is 0 Å². The summed E-state index contributed by atoms with van der Waals surface area (Å²) < 4.78 is 5.76. The summed E-state index contributed by atoms with van der Waals surface area (Å²) >= 11 is 6.12. The molecule has 0 saturated carbocycles. The van der Waals surface area contributed by atoms with Crippen LogP contribution in [0.25, 0.3) is 22.6 Å². The van der Waals surface area contributed by atoms with Gasteiger partial charge in [-0.05, 0) is 55.3 Å². The predicted octanol–water partition coefficient (Wildman–Crippen LogP) is 4.57. The molecular formula is C15H11ClNO. The van der Waals surface area contributed by atoms with Crippen LogP contribution in [0.2, 0.25) is 5.02 Å². The summed E-state index contributed by atoms with van der Waals surface area (Å²) in [5, 5.41) is 0.595. The first kappa shape index (κ1) is 11.3. The van der Waals surface area contributed by atoms with Crippen LogP contribution < -0.4 is 0 Å². The van der Waals surface area contributed by atoms with Crippen molar-refractivity contribution < 1.29 is 4.42 Å². The maximum atomic E-state index is 6.12. The largest absolute Gasteiger partial charge is 0.436 e. The van der Waals surface area contributed by atoms with Crippen molar-refractivity contribution in [2.45, 2.75) is 13.8 Å². The molecule has 0 amide bonds.